The van der Waals surface area contributed by atoms with E-state index in [1.807, 2.05) is 0 Å². The fourth-order valence-electron chi connectivity index (χ4n) is 2.73. The van der Waals surface area contributed by atoms with Crippen molar-refractivity contribution in [1.82, 2.24) is 5.32 Å². The Morgan fingerprint density at radius 3 is 2.39 bits per heavy atom. The number of carbonyl (C=O) groups is 1. The van der Waals surface area contributed by atoms with Crippen molar-refractivity contribution in [3.8, 4) is 0 Å². The van der Waals surface area contributed by atoms with Crippen LogP contribution in [0.5, 0.6) is 0 Å². The SMILES string of the molecule is CC1(CNCC2(O)CCC(C(=O)O)CC2)COC1. The minimum absolute atomic E-state index is 0.203. The quantitative estimate of drug-likeness (QED) is 0.673. The van der Waals surface area contributed by atoms with Gasteiger partial charge in [0, 0.05) is 18.5 Å². The highest BCUT2D eigenvalue weighted by atomic mass is 16.5. The molecule has 0 atom stereocenters. The number of aliphatic carboxylic acids is 1. The number of hydrogen-bond donors (Lipinski definition) is 3. The second kappa shape index (κ2) is 5.15. The van der Waals surface area contributed by atoms with E-state index in [4.69, 9.17) is 9.84 Å². The van der Waals surface area contributed by atoms with Gasteiger partial charge in [-0.2, -0.15) is 0 Å². The summed E-state index contributed by atoms with van der Waals surface area (Å²) in [5, 5.41) is 22.6. The van der Waals surface area contributed by atoms with Gasteiger partial charge in [-0.15, -0.1) is 0 Å². The number of carboxylic acids is 1. The van der Waals surface area contributed by atoms with Crippen LogP contribution in [-0.2, 0) is 9.53 Å². The molecule has 0 aromatic rings. The lowest BCUT2D eigenvalue weighted by molar-refractivity contribution is -0.144. The third-order valence-electron chi connectivity index (χ3n) is 4.17. The van der Waals surface area contributed by atoms with Crippen LogP contribution in [0.1, 0.15) is 32.6 Å². The van der Waals surface area contributed by atoms with Crippen molar-refractivity contribution >= 4 is 5.97 Å². The largest absolute Gasteiger partial charge is 0.481 e. The first-order valence-electron chi connectivity index (χ1n) is 6.66. The molecule has 1 saturated carbocycles. The van der Waals surface area contributed by atoms with Crippen LogP contribution in [-0.4, -0.2) is 48.1 Å². The van der Waals surface area contributed by atoms with E-state index in [1.54, 1.807) is 0 Å². The number of ether oxygens (including phenoxy) is 1. The molecule has 2 rings (SSSR count). The van der Waals surface area contributed by atoms with E-state index in [9.17, 15) is 9.90 Å². The number of nitrogens with one attached hydrogen (secondary N) is 1. The highest BCUT2D eigenvalue weighted by Crippen LogP contribution is 2.32. The zero-order valence-corrected chi connectivity index (χ0v) is 10.9. The fourth-order valence-corrected chi connectivity index (χ4v) is 2.73. The Bertz CT molecular complexity index is 306. The minimum atomic E-state index is -0.732. The Labute approximate surface area is 108 Å². The molecular formula is C13H23NO4. The van der Waals surface area contributed by atoms with Gasteiger partial charge in [-0.1, -0.05) is 6.92 Å². The second-order valence-corrected chi connectivity index (χ2v) is 6.24. The molecular weight excluding hydrogens is 234 g/mol. The minimum Gasteiger partial charge on any atom is -0.481 e. The Balaban J connectivity index is 1.70. The summed E-state index contributed by atoms with van der Waals surface area (Å²) in [7, 11) is 0. The van der Waals surface area contributed by atoms with E-state index in [0.29, 0.717) is 32.2 Å². The van der Waals surface area contributed by atoms with E-state index >= 15 is 0 Å². The number of aliphatic hydroxyl groups is 1. The summed E-state index contributed by atoms with van der Waals surface area (Å²) >= 11 is 0. The zero-order valence-electron chi connectivity index (χ0n) is 10.9. The molecule has 1 aliphatic carbocycles. The van der Waals surface area contributed by atoms with Crippen molar-refractivity contribution in [3.63, 3.8) is 0 Å². The van der Waals surface area contributed by atoms with Crippen molar-refractivity contribution in [3.05, 3.63) is 0 Å². The summed E-state index contributed by atoms with van der Waals surface area (Å²) in [6.07, 6.45) is 2.30. The molecule has 2 aliphatic rings. The molecule has 0 spiro atoms. The summed E-state index contributed by atoms with van der Waals surface area (Å²) in [5.74, 6) is -1.01. The van der Waals surface area contributed by atoms with Gasteiger partial charge in [-0.25, -0.2) is 0 Å². The second-order valence-electron chi connectivity index (χ2n) is 6.24. The Morgan fingerprint density at radius 2 is 1.94 bits per heavy atom. The van der Waals surface area contributed by atoms with Gasteiger partial charge < -0.3 is 20.3 Å². The summed E-state index contributed by atoms with van der Waals surface area (Å²) in [5.41, 5.74) is -0.526. The van der Waals surface area contributed by atoms with E-state index < -0.39 is 11.6 Å². The lowest BCUT2D eigenvalue weighted by atomic mass is 9.78. The highest BCUT2D eigenvalue weighted by molar-refractivity contribution is 5.70. The third kappa shape index (κ3) is 3.22. The summed E-state index contributed by atoms with van der Waals surface area (Å²) in [4.78, 5) is 10.8. The van der Waals surface area contributed by atoms with Crippen LogP contribution in [0.25, 0.3) is 0 Å². The number of carboxylic acid groups (broad SMARTS) is 1. The van der Waals surface area contributed by atoms with Crippen LogP contribution >= 0.6 is 0 Å². The van der Waals surface area contributed by atoms with E-state index in [1.165, 1.54) is 0 Å². The monoisotopic (exact) mass is 257 g/mol. The number of hydrogen-bond acceptors (Lipinski definition) is 4. The Hall–Kier alpha value is -0.650. The topological polar surface area (TPSA) is 78.8 Å². The van der Waals surface area contributed by atoms with Crippen LogP contribution in [0.4, 0.5) is 0 Å². The summed E-state index contributed by atoms with van der Waals surface area (Å²) in [6.45, 7) is 5.11. The van der Waals surface area contributed by atoms with Gasteiger partial charge in [0.15, 0.2) is 0 Å². The van der Waals surface area contributed by atoms with Gasteiger partial charge in [-0.05, 0) is 25.7 Å². The molecule has 0 aromatic carbocycles. The van der Waals surface area contributed by atoms with E-state index in [-0.39, 0.29) is 11.3 Å². The molecule has 0 bridgehead atoms. The number of rotatable bonds is 5. The first kappa shape index (κ1) is 13.8. The summed E-state index contributed by atoms with van der Waals surface area (Å²) < 4.78 is 5.18. The van der Waals surface area contributed by atoms with Crippen LogP contribution in [0.3, 0.4) is 0 Å². The molecule has 1 saturated heterocycles. The highest BCUT2D eigenvalue weighted by Gasteiger charge is 2.37. The molecule has 1 heterocycles. The first-order valence-corrected chi connectivity index (χ1v) is 6.66. The van der Waals surface area contributed by atoms with Crippen molar-refractivity contribution in [2.45, 2.75) is 38.2 Å². The van der Waals surface area contributed by atoms with Crippen molar-refractivity contribution in [1.29, 1.82) is 0 Å². The van der Waals surface area contributed by atoms with Crippen LogP contribution in [0, 0.1) is 11.3 Å². The standard InChI is InChI=1S/C13H23NO4/c1-12(8-18-9-12)6-14-7-13(17)4-2-10(3-5-13)11(15)16/h10,14,17H,2-9H2,1H3,(H,15,16). The molecule has 5 nitrogen and oxygen atoms in total. The zero-order chi connectivity index (χ0) is 13.2. The van der Waals surface area contributed by atoms with Gasteiger partial charge in [0.1, 0.15) is 0 Å². The first-order chi connectivity index (χ1) is 8.43. The molecule has 104 valence electrons. The molecule has 0 aromatic heterocycles. The van der Waals surface area contributed by atoms with Gasteiger partial charge in [0.25, 0.3) is 0 Å². The van der Waals surface area contributed by atoms with Crippen molar-refractivity contribution in [2.75, 3.05) is 26.3 Å². The summed E-state index contributed by atoms with van der Waals surface area (Å²) in [6, 6.07) is 0. The Morgan fingerprint density at radius 1 is 1.33 bits per heavy atom. The normalized spacial score (nSPS) is 34.9. The molecule has 5 heteroatoms. The van der Waals surface area contributed by atoms with Crippen molar-refractivity contribution in [2.24, 2.45) is 11.3 Å². The Kier molecular flexibility index (Phi) is 3.94. The smallest absolute Gasteiger partial charge is 0.306 e. The van der Waals surface area contributed by atoms with E-state index in [2.05, 4.69) is 12.2 Å². The molecule has 0 unspecified atom stereocenters. The average Bonchev–Trinajstić information content (AvgIpc) is 2.27. The molecule has 2 fully saturated rings. The van der Waals surface area contributed by atoms with Gasteiger partial charge in [0.05, 0.1) is 24.7 Å². The maximum absolute atomic E-state index is 10.8. The van der Waals surface area contributed by atoms with Gasteiger partial charge in [0.2, 0.25) is 0 Å². The predicted molar refractivity (Wildman–Crippen MR) is 66.3 cm³/mol. The van der Waals surface area contributed by atoms with Crippen LogP contribution in [0.15, 0.2) is 0 Å². The lowest BCUT2D eigenvalue weighted by Crippen LogP contribution is -2.51. The maximum atomic E-state index is 10.8. The molecule has 0 amide bonds. The molecule has 1 aliphatic heterocycles. The van der Waals surface area contributed by atoms with Crippen LogP contribution < -0.4 is 5.32 Å². The van der Waals surface area contributed by atoms with E-state index in [0.717, 1.165) is 19.8 Å². The lowest BCUT2D eigenvalue weighted by Gasteiger charge is -2.40. The fraction of sp³-hybridized carbons (Fsp3) is 0.923. The van der Waals surface area contributed by atoms with Gasteiger partial charge in [-0.3, -0.25) is 4.79 Å². The predicted octanol–water partition coefficient (Wildman–Crippen LogP) is 0.618. The van der Waals surface area contributed by atoms with Crippen LogP contribution in [0.2, 0.25) is 0 Å². The van der Waals surface area contributed by atoms with Crippen molar-refractivity contribution < 1.29 is 19.7 Å². The van der Waals surface area contributed by atoms with Gasteiger partial charge >= 0.3 is 5.97 Å². The molecule has 0 radical (unpaired) electrons. The maximum Gasteiger partial charge on any atom is 0.306 e. The average molecular weight is 257 g/mol. The molecule has 3 N–H and O–H groups in total. The third-order valence-corrected chi connectivity index (χ3v) is 4.17. The molecule has 18 heavy (non-hydrogen) atoms.